The Morgan fingerprint density at radius 2 is 1.94 bits per heavy atom. The number of carbonyl (C=O) groups excluding carboxylic acids is 1. The Morgan fingerprint density at radius 1 is 1.24 bits per heavy atom. The van der Waals surface area contributed by atoms with Gasteiger partial charge in [-0.25, -0.2) is 19.0 Å². The van der Waals surface area contributed by atoms with Gasteiger partial charge in [-0.2, -0.15) is 0 Å². The number of aromatic amines is 1. The molecule has 3 aromatic rings. The molecular formula is C23H25FN4O5. The van der Waals surface area contributed by atoms with Gasteiger partial charge in [0, 0.05) is 48.9 Å². The summed E-state index contributed by atoms with van der Waals surface area (Å²) >= 11 is 0. The van der Waals surface area contributed by atoms with Crippen LogP contribution in [0.5, 0.6) is 0 Å². The van der Waals surface area contributed by atoms with Crippen molar-refractivity contribution < 1.29 is 29.0 Å². The Bertz CT molecular complexity index is 1210. The maximum Gasteiger partial charge on any atom is 0.328 e. The highest BCUT2D eigenvalue weighted by molar-refractivity contribution is 6.09. The summed E-state index contributed by atoms with van der Waals surface area (Å²) in [6.45, 7) is 3.23. The van der Waals surface area contributed by atoms with E-state index in [1.54, 1.807) is 12.4 Å². The third kappa shape index (κ3) is 5.11. The molecule has 1 aliphatic rings. The molecule has 0 saturated carbocycles. The Morgan fingerprint density at radius 3 is 2.58 bits per heavy atom. The number of halogens is 1. The van der Waals surface area contributed by atoms with Crippen molar-refractivity contribution in [2.75, 3.05) is 6.54 Å². The number of carbonyl (C=O) groups is 3. The van der Waals surface area contributed by atoms with Crippen molar-refractivity contribution in [3.05, 3.63) is 65.1 Å². The summed E-state index contributed by atoms with van der Waals surface area (Å²) in [5.74, 6) is -2.84. The number of aromatic nitrogens is 3. The van der Waals surface area contributed by atoms with Crippen molar-refractivity contribution in [1.82, 2.24) is 19.4 Å². The Balaban J connectivity index is 0.000000331. The average molecular weight is 456 g/mol. The maximum absolute atomic E-state index is 14.2. The van der Waals surface area contributed by atoms with Gasteiger partial charge in [0.1, 0.15) is 5.82 Å². The van der Waals surface area contributed by atoms with Gasteiger partial charge >= 0.3 is 11.9 Å². The molecule has 0 radical (unpaired) electrons. The highest BCUT2D eigenvalue weighted by Crippen LogP contribution is 2.32. The van der Waals surface area contributed by atoms with Gasteiger partial charge in [0.25, 0.3) is 5.91 Å². The van der Waals surface area contributed by atoms with Gasteiger partial charge in [-0.1, -0.05) is 25.5 Å². The molecule has 0 unspecified atom stereocenters. The monoisotopic (exact) mass is 456 g/mol. The van der Waals surface area contributed by atoms with E-state index in [1.807, 2.05) is 22.6 Å². The smallest absolute Gasteiger partial charge is 0.328 e. The van der Waals surface area contributed by atoms with Crippen molar-refractivity contribution in [2.45, 2.75) is 32.7 Å². The van der Waals surface area contributed by atoms with Crippen LogP contribution in [0.4, 0.5) is 4.39 Å². The van der Waals surface area contributed by atoms with Gasteiger partial charge in [0.05, 0.1) is 29.6 Å². The number of nitrogens with one attached hydrogen (secondary N) is 1. The molecule has 0 aliphatic carbocycles. The van der Waals surface area contributed by atoms with E-state index in [4.69, 9.17) is 10.2 Å². The average Bonchev–Trinajstić information content (AvgIpc) is 3.32. The minimum atomic E-state index is -1.26. The zero-order chi connectivity index (χ0) is 24.1. The van der Waals surface area contributed by atoms with Crippen LogP contribution in [0.2, 0.25) is 0 Å². The normalized spacial score (nSPS) is 13.2. The fourth-order valence-electron chi connectivity index (χ4n) is 3.97. The third-order valence-corrected chi connectivity index (χ3v) is 5.42. The van der Waals surface area contributed by atoms with Crippen molar-refractivity contribution in [3.63, 3.8) is 0 Å². The number of aryl methyl sites for hydroxylation is 2. The first-order valence-electron chi connectivity index (χ1n) is 10.4. The topological polar surface area (TPSA) is 129 Å². The number of amides is 1. The number of carboxylic acids is 2. The van der Waals surface area contributed by atoms with E-state index in [1.165, 1.54) is 6.07 Å². The molecule has 0 atom stereocenters. The molecule has 3 N–H and O–H groups in total. The standard InChI is InChI=1S/C19H21FN4O.C4H4O4/c1-3-5-14-15(22-11-21-14)10-24-9-8-16-17(19(24)25)12-6-4-7-13(20)18(12)23(16)2;5-3(6)1-2-4(7)8/h4,6-7,11H,3,5,8-10H2,1-2H3,(H,21,22);1-2H,(H,5,6)(H,7,8). The van der Waals surface area contributed by atoms with Gasteiger partial charge in [-0.3, -0.25) is 4.79 Å². The van der Waals surface area contributed by atoms with Crippen molar-refractivity contribution in [1.29, 1.82) is 0 Å². The Hall–Kier alpha value is -3.95. The number of rotatable bonds is 6. The summed E-state index contributed by atoms with van der Waals surface area (Å²) < 4.78 is 16.1. The van der Waals surface area contributed by atoms with Crippen molar-refractivity contribution in [2.24, 2.45) is 7.05 Å². The van der Waals surface area contributed by atoms with E-state index in [0.717, 1.165) is 36.3 Å². The molecule has 1 aromatic carbocycles. The molecule has 174 valence electrons. The fourth-order valence-corrected chi connectivity index (χ4v) is 3.97. The predicted molar refractivity (Wildman–Crippen MR) is 118 cm³/mol. The predicted octanol–water partition coefficient (Wildman–Crippen LogP) is 2.90. The van der Waals surface area contributed by atoms with E-state index in [0.29, 0.717) is 41.7 Å². The van der Waals surface area contributed by atoms with Gasteiger partial charge in [-0.15, -0.1) is 0 Å². The van der Waals surface area contributed by atoms with E-state index < -0.39 is 11.9 Å². The van der Waals surface area contributed by atoms with Gasteiger partial charge in [0.15, 0.2) is 0 Å². The summed E-state index contributed by atoms with van der Waals surface area (Å²) in [5.41, 5.74) is 4.07. The zero-order valence-corrected chi connectivity index (χ0v) is 18.3. The number of fused-ring (bicyclic) bond motifs is 3. The van der Waals surface area contributed by atoms with Crippen molar-refractivity contribution in [3.8, 4) is 0 Å². The van der Waals surface area contributed by atoms with Crippen LogP contribution in [0.1, 0.15) is 40.8 Å². The quantitative estimate of drug-likeness (QED) is 0.489. The number of hydrogen-bond acceptors (Lipinski definition) is 4. The molecule has 33 heavy (non-hydrogen) atoms. The molecule has 10 heteroatoms. The molecule has 2 aromatic heterocycles. The lowest BCUT2D eigenvalue weighted by Gasteiger charge is -2.27. The van der Waals surface area contributed by atoms with Gasteiger partial charge in [0.2, 0.25) is 0 Å². The summed E-state index contributed by atoms with van der Waals surface area (Å²) in [5, 5.41) is 16.3. The molecule has 0 saturated heterocycles. The Kier molecular flexibility index (Phi) is 7.27. The lowest BCUT2D eigenvalue weighted by Crippen LogP contribution is -2.37. The van der Waals surface area contributed by atoms with Crippen LogP contribution in [0, 0.1) is 5.82 Å². The number of hydrogen-bond donors (Lipinski definition) is 3. The van der Waals surface area contributed by atoms with Crippen LogP contribution in [-0.4, -0.2) is 54.0 Å². The second-order valence-electron chi connectivity index (χ2n) is 7.58. The summed E-state index contributed by atoms with van der Waals surface area (Å²) in [4.78, 5) is 41.6. The number of aliphatic carboxylic acids is 2. The van der Waals surface area contributed by atoms with E-state index in [2.05, 4.69) is 16.9 Å². The Labute approximate surface area is 189 Å². The summed E-state index contributed by atoms with van der Waals surface area (Å²) in [6, 6.07) is 4.93. The molecular weight excluding hydrogens is 431 g/mol. The first-order chi connectivity index (χ1) is 15.7. The van der Waals surface area contributed by atoms with Gasteiger partial charge < -0.3 is 24.7 Å². The summed E-state index contributed by atoms with van der Waals surface area (Å²) in [7, 11) is 1.83. The largest absolute Gasteiger partial charge is 0.478 e. The van der Waals surface area contributed by atoms with Crippen LogP contribution >= 0.6 is 0 Å². The molecule has 3 heterocycles. The van der Waals surface area contributed by atoms with Crippen LogP contribution in [0.15, 0.2) is 36.7 Å². The number of H-pyrrole nitrogens is 1. The number of para-hydroxylation sites is 1. The second-order valence-corrected chi connectivity index (χ2v) is 7.58. The van der Waals surface area contributed by atoms with Crippen LogP contribution in [-0.2, 0) is 36.0 Å². The number of benzene rings is 1. The number of carboxylic acid groups (broad SMARTS) is 2. The zero-order valence-electron chi connectivity index (χ0n) is 18.3. The fraction of sp³-hybridized carbons (Fsp3) is 0.304. The van der Waals surface area contributed by atoms with E-state index in [-0.39, 0.29) is 11.7 Å². The molecule has 4 rings (SSSR count). The van der Waals surface area contributed by atoms with Crippen LogP contribution in [0.3, 0.4) is 0 Å². The summed E-state index contributed by atoms with van der Waals surface area (Å²) in [6.07, 6.45) is 5.47. The van der Waals surface area contributed by atoms with E-state index in [9.17, 15) is 18.8 Å². The highest BCUT2D eigenvalue weighted by Gasteiger charge is 2.31. The third-order valence-electron chi connectivity index (χ3n) is 5.42. The molecule has 0 spiro atoms. The van der Waals surface area contributed by atoms with Crippen LogP contribution < -0.4 is 0 Å². The molecule has 0 bridgehead atoms. The lowest BCUT2D eigenvalue weighted by atomic mass is 10.0. The molecule has 1 aliphatic heterocycles. The van der Waals surface area contributed by atoms with Gasteiger partial charge in [-0.05, 0) is 12.5 Å². The lowest BCUT2D eigenvalue weighted by molar-refractivity contribution is -0.134. The second kappa shape index (κ2) is 10.1. The molecule has 0 fully saturated rings. The SMILES string of the molecule is CCCc1[nH]cnc1CN1CCc2c(c3cccc(F)c3n2C)C1=O.O=C(O)C=CC(=O)O. The van der Waals surface area contributed by atoms with E-state index >= 15 is 0 Å². The minimum absolute atomic E-state index is 0.0390. The first kappa shape index (κ1) is 23.7. The molecule has 1 amide bonds. The molecule has 9 nitrogen and oxygen atoms in total. The first-order valence-corrected chi connectivity index (χ1v) is 10.4. The van der Waals surface area contributed by atoms with Crippen LogP contribution in [0.25, 0.3) is 10.9 Å². The van der Waals surface area contributed by atoms with Crippen molar-refractivity contribution >= 4 is 28.7 Å². The maximum atomic E-state index is 14.2. The number of imidazole rings is 1. The highest BCUT2D eigenvalue weighted by atomic mass is 19.1. The minimum Gasteiger partial charge on any atom is -0.478 e. The number of nitrogens with zero attached hydrogens (tertiary/aromatic N) is 3.